The fraction of sp³-hybridized carbons (Fsp3) is 0.556. The van der Waals surface area contributed by atoms with E-state index in [2.05, 4.69) is 19.1 Å². The minimum absolute atomic E-state index is 0.291. The van der Waals surface area contributed by atoms with Crippen molar-refractivity contribution in [3.8, 4) is 5.75 Å². The fourth-order valence-electron chi connectivity index (χ4n) is 4.95. The Hall–Kier alpha value is -2.88. The molecule has 0 heterocycles. The monoisotopic (exact) mass is 548 g/mol. The third-order valence-electron chi connectivity index (χ3n) is 7.44. The van der Waals surface area contributed by atoms with Crippen molar-refractivity contribution in [2.24, 2.45) is 0 Å². The van der Waals surface area contributed by atoms with E-state index in [0.717, 1.165) is 36.1 Å². The highest BCUT2D eigenvalue weighted by atomic mass is 16.6. The van der Waals surface area contributed by atoms with Gasteiger partial charge in [-0.15, -0.1) is 0 Å². The predicted molar refractivity (Wildman–Crippen MR) is 166 cm³/mol. The van der Waals surface area contributed by atoms with Gasteiger partial charge in [0.2, 0.25) is 0 Å². The Kier molecular flexibility index (Phi) is 18.2. The van der Waals surface area contributed by atoms with Crippen LogP contribution in [-0.2, 0) is 20.7 Å². The molecule has 0 spiro atoms. The van der Waals surface area contributed by atoms with Crippen LogP contribution < -0.4 is 4.74 Å². The standard InChI is InChI=1S/C36H52O4/c1-3-4-5-6-7-8-9-10-11-12-13-14-15-16-17-18-22-25-35(37)40-36(38)34(32-23-20-19-21-24-32)30-31-26-28-33(39-2)29-27-31/h10-11,19-21,23-24,26-29,34H,3-9,12-18,22,25,30H2,1-2H3. The zero-order valence-electron chi connectivity index (χ0n) is 25.1. The third kappa shape index (κ3) is 15.1. The molecule has 0 saturated heterocycles. The highest BCUT2D eigenvalue weighted by Gasteiger charge is 2.25. The average Bonchev–Trinajstić information content (AvgIpc) is 2.98. The van der Waals surface area contributed by atoms with E-state index in [1.807, 2.05) is 54.6 Å². The van der Waals surface area contributed by atoms with Gasteiger partial charge in [-0.3, -0.25) is 9.59 Å². The summed E-state index contributed by atoms with van der Waals surface area (Å²) in [5, 5.41) is 0. The van der Waals surface area contributed by atoms with Gasteiger partial charge in [0.25, 0.3) is 0 Å². The smallest absolute Gasteiger partial charge is 0.321 e. The number of esters is 2. The summed E-state index contributed by atoms with van der Waals surface area (Å²) >= 11 is 0. The van der Waals surface area contributed by atoms with Crippen molar-refractivity contribution >= 4 is 11.9 Å². The lowest BCUT2D eigenvalue weighted by molar-refractivity contribution is -0.160. The molecule has 0 saturated carbocycles. The topological polar surface area (TPSA) is 52.6 Å². The Balaban J connectivity index is 1.56. The summed E-state index contributed by atoms with van der Waals surface area (Å²) in [4.78, 5) is 25.4. The Labute approximate surface area is 243 Å². The Morgan fingerprint density at radius 2 is 1.25 bits per heavy atom. The Morgan fingerprint density at radius 1 is 0.700 bits per heavy atom. The van der Waals surface area contributed by atoms with Crippen LogP contribution in [-0.4, -0.2) is 19.0 Å². The van der Waals surface area contributed by atoms with Crippen LogP contribution in [0.4, 0.5) is 0 Å². The van der Waals surface area contributed by atoms with Crippen molar-refractivity contribution in [2.45, 2.75) is 122 Å². The van der Waals surface area contributed by atoms with Crippen LogP contribution in [0.15, 0.2) is 66.7 Å². The van der Waals surface area contributed by atoms with E-state index in [-0.39, 0.29) is 0 Å². The molecule has 2 aromatic carbocycles. The molecule has 220 valence electrons. The molecule has 0 amide bonds. The van der Waals surface area contributed by atoms with E-state index in [1.54, 1.807) is 7.11 Å². The minimum atomic E-state index is -0.524. The van der Waals surface area contributed by atoms with Gasteiger partial charge in [0, 0.05) is 6.42 Å². The summed E-state index contributed by atoms with van der Waals surface area (Å²) in [7, 11) is 1.63. The van der Waals surface area contributed by atoms with Gasteiger partial charge in [-0.25, -0.2) is 0 Å². The molecule has 0 bridgehead atoms. The van der Waals surface area contributed by atoms with Crippen LogP contribution in [0, 0.1) is 0 Å². The fourth-order valence-corrected chi connectivity index (χ4v) is 4.95. The minimum Gasteiger partial charge on any atom is -0.497 e. The van der Waals surface area contributed by atoms with Gasteiger partial charge < -0.3 is 9.47 Å². The first-order valence-electron chi connectivity index (χ1n) is 15.7. The maximum atomic E-state index is 13.0. The van der Waals surface area contributed by atoms with Crippen LogP contribution >= 0.6 is 0 Å². The van der Waals surface area contributed by atoms with Crippen molar-refractivity contribution in [2.75, 3.05) is 7.11 Å². The van der Waals surface area contributed by atoms with Gasteiger partial charge in [-0.1, -0.05) is 126 Å². The van der Waals surface area contributed by atoms with Crippen molar-refractivity contribution in [3.63, 3.8) is 0 Å². The molecule has 4 nitrogen and oxygen atoms in total. The van der Waals surface area contributed by atoms with Gasteiger partial charge in [-0.2, -0.15) is 0 Å². The van der Waals surface area contributed by atoms with E-state index >= 15 is 0 Å². The van der Waals surface area contributed by atoms with Crippen molar-refractivity contribution in [1.29, 1.82) is 0 Å². The summed E-state index contributed by atoms with van der Waals surface area (Å²) in [5.41, 5.74) is 1.84. The van der Waals surface area contributed by atoms with Crippen molar-refractivity contribution < 1.29 is 19.1 Å². The molecule has 0 aliphatic rings. The molecule has 0 aliphatic heterocycles. The van der Waals surface area contributed by atoms with E-state index in [9.17, 15) is 9.59 Å². The number of benzene rings is 2. The highest BCUT2D eigenvalue weighted by molar-refractivity contribution is 5.89. The maximum Gasteiger partial charge on any atom is 0.321 e. The quantitative estimate of drug-likeness (QED) is 0.0636. The summed E-state index contributed by atoms with van der Waals surface area (Å²) in [5.74, 6) is -0.658. The van der Waals surface area contributed by atoms with E-state index in [4.69, 9.17) is 9.47 Å². The first-order chi connectivity index (χ1) is 19.6. The number of unbranched alkanes of at least 4 members (excludes halogenated alkanes) is 13. The lowest BCUT2D eigenvalue weighted by Crippen LogP contribution is -2.21. The van der Waals surface area contributed by atoms with Gasteiger partial charge in [0.1, 0.15) is 5.75 Å². The molecule has 1 atom stereocenters. The first kappa shape index (κ1) is 33.3. The lowest BCUT2D eigenvalue weighted by Gasteiger charge is -2.16. The van der Waals surface area contributed by atoms with E-state index < -0.39 is 17.9 Å². The molecular weight excluding hydrogens is 496 g/mol. The Morgan fingerprint density at radius 3 is 1.82 bits per heavy atom. The summed E-state index contributed by atoms with van der Waals surface area (Å²) in [6, 6.07) is 17.2. The third-order valence-corrected chi connectivity index (χ3v) is 7.44. The molecule has 0 fully saturated rings. The molecule has 0 radical (unpaired) electrons. The van der Waals surface area contributed by atoms with Crippen LogP contribution in [0.3, 0.4) is 0 Å². The number of ether oxygens (including phenoxy) is 2. The number of carbonyl (C=O) groups is 2. The zero-order chi connectivity index (χ0) is 28.7. The molecule has 1 unspecified atom stereocenters. The van der Waals surface area contributed by atoms with Crippen LogP contribution in [0.1, 0.15) is 127 Å². The molecule has 2 aromatic rings. The molecule has 0 N–H and O–H groups in total. The number of rotatable bonds is 22. The van der Waals surface area contributed by atoms with Gasteiger partial charge in [-0.05, 0) is 61.8 Å². The molecule has 2 rings (SSSR count). The predicted octanol–water partition coefficient (Wildman–Crippen LogP) is 9.91. The van der Waals surface area contributed by atoms with Gasteiger partial charge in [0.05, 0.1) is 13.0 Å². The number of allylic oxidation sites excluding steroid dienone is 2. The first-order valence-corrected chi connectivity index (χ1v) is 15.7. The normalized spacial score (nSPS) is 11.9. The second-order valence-electron chi connectivity index (χ2n) is 10.8. The number of hydrogen-bond acceptors (Lipinski definition) is 4. The SMILES string of the molecule is CCCCCCCCC=CCCCCCCCCCC(=O)OC(=O)C(Cc1ccc(OC)cc1)c1ccccc1. The molecule has 4 heteroatoms. The molecule has 40 heavy (non-hydrogen) atoms. The Bertz CT molecular complexity index is 949. The second-order valence-corrected chi connectivity index (χ2v) is 10.8. The van der Waals surface area contributed by atoms with E-state index in [0.29, 0.717) is 12.8 Å². The maximum absolute atomic E-state index is 13.0. The molecule has 0 aromatic heterocycles. The summed E-state index contributed by atoms with van der Waals surface area (Å²) in [6.45, 7) is 2.26. The number of carbonyl (C=O) groups excluding carboxylic acids is 2. The highest BCUT2D eigenvalue weighted by Crippen LogP contribution is 2.24. The van der Waals surface area contributed by atoms with Crippen LogP contribution in [0.5, 0.6) is 5.75 Å². The molecular formula is C36H52O4. The molecule has 0 aliphatic carbocycles. The average molecular weight is 549 g/mol. The number of methoxy groups -OCH3 is 1. The van der Waals surface area contributed by atoms with Crippen molar-refractivity contribution in [1.82, 2.24) is 0 Å². The lowest BCUT2D eigenvalue weighted by atomic mass is 9.92. The summed E-state index contributed by atoms with van der Waals surface area (Å²) in [6.07, 6.45) is 24.0. The zero-order valence-corrected chi connectivity index (χ0v) is 25.1. The second kappa shape index (κ2) is 21.9. The largest absolute Gasteiger partial charge is 0.497 e. The van der Waals surface area contributed by atoms with Gasteiger partial charge in [0.15, 0.2) is 0 Å². The van der Waals surface area contributed by atoms with Gasteiger partial charge >= 0.3 is 11.9 Å². The van der Waals surface area contributed by atoms with E-state index in [1.165, 1.54) is 77.0 Å². The van der Waals surface area contributed by atoms with Crippen LogP contribution in [0.2, 0.25) is 0 Å². The van der Waals surface area contributed by atoms with Crippen LogP contribution in [0.25, 0.3) is 0 Å². The number of hydrogen-bond donors (Lipinski definition) is 0. The van der Waals surface area contributed by atoms with Crippen molar-refractivity contribution in [3.05, 3.63) is 77.9 Å². The summed E-state index contributed by atoms with van der Waals surface area (Å²) < 4.78 is 10.5.